The molecule has 0 aliphatic heterocycles. The van der Waals surface area contributed by atoms with E-state index in [-0.39, 0.29) is 41.8 Å². The smallest absolute Gasteiger partial charge is 0.264 e. The number of nitrogens with two attached hydrogens (primary N) is 2. The normalized spacial score (nSPS) is 11.9. The first-order valence-electron chi connectivity index (χ1n) is 12.3. The molecule has 0 saturated heterocycles. The van der Waals surface area contributed by atoms with Crippen LogP contribution in [0.1, 0.15) is 34.6 Å². The van der Waals surface area contributed by atoms with Gasteiger partial charge in [-0.3, -0.25) is 9.59 Å². The van der Waals surface area contributed by atoms with Gasteiger partial charge in [-0.05, 0) is 76.7 Å². The summed E-state index contributed by atoms with van der Waals surface area (Å²) in [5.74, 6) is -0.742. The quantitative estimate of drug-likeness (QED) is 0.244. The lowest BCUT2D eigenvalue weighted by molar-refractivity contribution is 0.0846. The average Bonchev–Trinajstić information content (AvgIpc) is 3.25. The first-order valence-corrected chi connectivity index (χ1v) is 12.3. The number of hydrogen-bond acceptors (Lipinski definition) is 5. The van der Waals surface area contributed by atoms with E-state index in [1.54, 1.807) is 25.1 Å². The number of nitrogen functional groups attached to an aromatic ring is 1. The highest BCUT2D eigenvalue weighted by Gasteiger charge is 2.24. The first kappa shape index (κ1) is 27.8. The van der Waals surface area contributed by atoms with Gasteiger partial charge >= 0.3 is 0 Å². The zero-order chi connectivity index (χ0) is 27.1. The van der Waals surface area contributed by atoms with E-state index in [4.69, 9.17) is 11.5 Å². The van der Waals surface area contributed by atoms with E-state index in [0.717, 1.165) is 21.9 Å². The summed E-state index contributed by atoms with van der Waals surface area (Å²) in [6.45, 7) is 5.41. The standard InChI is InChI=1S/C30H28FN5O2.ClH/c1-16(2)27(32)30(38)36-25-9-5-7-22(26(25)28(33)35-36)19-10-12-21-18(15-19)6-4-8-23(21)29(37)34-20-11-13-24(31)17(3)14-20;/h4-16,27H,32H2,1-3H3,(H2,33,35)(H,34,37);1H/t27-;/m0./s1. The van der Waals surface area contributed by atoms with Crippen LogP contribution < -0.4 is 16.8 Å². The molecule has 7 nitrogen and oxygen atoms in total. The number of nitrogens with one attached hydrogen (secondary N) is 1. The fourth-order valence-electron chi connectivity index (χ4n) is 4.60. The van der Waals surface area contributed by atoms with Gasteiger partial charge < -0.3 is 16.8 Å². The molecule has 0 unspecified atom stereocenters. The molecule has 5 rings (SSSR count). The molecule has 4 aromatic carbocycles. The third-order valence-corrected chi connectivity index (χ3v) is 6.80. The predicted molar refractivity (Wildman–Crippen MR) is 157 cm³/mol. The Kier molecular flexibility index (Phi) is 7.72. The summed E-state index contributed by atoms with van der Waals surface area (Å²) >= 11 is 0. The predicted octanol–water partition coefficient (Wildman–Crippen LogP) is 6.18. The second kappa shape index (κ2) is 10.8. The summed E-state index contributed by atoms with van der Waals surface area (Å²) < 4.78 is 14.9. The molecule has 39 heavy (non-hydrogen) atoms. The molecule has 0 bridgehead atoms. The van der Waals surface area contributed by atoms with Gasteiger partial charge in [0.25, 0.3) is 11.8 Å². The average molecular weight is 546 g/mol. The number of benzene rings is 4. The van der Waals surface area contributed by atoms with Crippen molar-refractivity contribution in [3.8, 4) is 11.1 Å². The van der Waals surface area contributed by atoms with Crippen LogP contribution in [0.2, 0.25) is 0 Å². The maximum Gasteiger partial charge on any atom is 0.264 e. The van der Waals surface area contributed by atoms with Crippen LogP contribution in [0.15, 0.2) is 72.8 Å². The Labute approximate surface area is 231 Å². The highest BCUT2D eigenvalue weighted by atomic mass is 35.5. The second-order valence-electron chi connectivity index (χ2n) is 9.76. The van der Waals surface area contributed by atoms with Crippen molar-refractivity contribution < 1.29 is 14.0 Å². The van der Waals surface area contributed by atoms with Crippen molar-refractivity contribution in [3.63, 3.8) is 0 Å². The molecule has 0 saturated carbocycles. The minimum atomic E-state index is -0.704. The van der Waals surface area contributed by atoms with E-state index in [1.807, 2.05) is 56.3 Å². The molecule has 1 amide bonds. The number of amides is 1. The molecule has 5 aromatic rings. The SMILES string of the molecule is Cc1cc(NC(=O)c2cccc3cc(-c4cccc5c4c(N)nn5C(=O)[C@@H](N)C(C)C)ccc23)ccc1F.Cl. The monoisotopic (exact) mass is 545 g/mol. The molecule has 1 atom stereocenters. The van der Waals surface area contributed by atoms with Crippen LogP contribution in [0, 0.1) is 18.7 Å². The van der Waals surface area contributed by atoms with Gasteiger partial charge in [0.05, 0.1) is 16.9 Å². The summed E-state index contributed by atoms with van der Waals surface area (Å²) in [6.07, 6.45) is 0. The highest BCUT2D eigenvalue weighted by Crippen LogP contribution is 2.35. The Morgan fingerprint density at radius 1 is 1.00 bits per heavy atom. The molecule has 0 aliphatic carbocycles. The maximum atomic E-state index is 13.6. The Hall–Kier alpha value is -4.27. The molecule has 0 aliphatic rings. The maximum absolute atomic E-state index is 13.6. The van der Waals surface area contributed by atoms with Crippen molar-refractivity contribution in [1.82, 2.24) is 9.78 Å². The summed E-state index contributed by atoms with van der Waals surface area (Å²) in [4.78, 5) is 26.1. The van der Waals surface area contributed by atoms with Crippen molar-refractivity contribution in [2.75, 3.05) is 11.1 Å². The van der Waals surface area contributed by atoms with E-state index >= 15 is 0 Å². The Morgan fingerprint density at radius 3 is 2.46 bits per heavy atom. The van der Waals surface area contributed by atoms with Gasteiger partial charge in [-0.25, -0.2) is 4.39 Å². The lowest BCUT2D eigenvalue weighted by atomic mass is 9.96. The number of nitrogens with zero attached hydrogens (tertiary/aromatic N) is 2. The van der Waals surface area contributed by atoms with E-state index in [2.05, 4.69) is 10.4 Å². The number of aryl methyl sites for hydroxylation is 1. The summed E-state index contributed by atoms with van der Waals surface area (Å²) in [5, 5.41) is 9.45. The minimum absolute atomic E-state index is 0. The van der Waals surface area contributed by atoms with Gasteiger partial charge in [-0.1, -0.05) is 50.2 Å². The van der Waals surface area contributed by atoms with Gasteiger partial charge in [-0.15, -0.1) is 17.5 Å². The van der Waals surface area contributed by atoms with Gasteiger partial charge in [0.1, 0.15) is 5.82 Å². The van der Waals surface area contributed by atoms with Crippen LogP contribution in [0.4, 0.5) is 15.9 Å². The van der Waals surface area contributed by atoms with Crippen molar-refractivity contribution in [2.45, 2.75) is 26.8 Å². The van der Waals surface area contributed by atoms with Crippen molar-refractivity contribution in [1.29, 1.82) is 0 Å². The lowest BCUT2D eigenvalue weighted by Gasteiger charge is -2.14. The van der Waals surface area contributed by atoms with Crippen LogP contribution in [-0.4, -0.2) is 27.6 Å². The van der Waals surface area contributed by atoms with Crippen molar-refractivity contribution >= 4 is 57.4 Å². The molecule has 0 radical (unpaired) electrons. The Balaban J connectivity index is 0.00000353. The molecule has 0 spiro atoms. The number of halogens is 2. The third kappa shape index (κ3) is 5.08. The molecular formula is C30H29ClFN5O2. The fourth-order valence-corrected chi connectivity index (χ4v) is 4.60. The first-order chi connectivity index (χ1) is 18.2. The van der Waals surface area contributed by atoms with Gasteiger partial charge in [0.15, 0.2) is 5.82 Å². The number of fused-ring (bicyclic) bond motifs is 2. The molecule has 9 heteroatoms. The summed E-state index contributed by atoms with van der Waals surface area (Å²) in [5.41, 5.74) is 16.1. The number of hydrogen-bond donors (Lipinski definition) is 3. The molecule has 200 valence electrons. The highest BCUT2D eigenvalue weighted by molar-refractivity contribution is 6.14. The number of carbonyl (C=O) groups excluding carboxylic acids is 2. The Bertz CT molecular complexity index is 1730. The van der Waals surface area contributed by atoms with Gasteiger partial charge in [-0.2, -0.15) is 4.68 Å². The largest absolute Gasteiger partial charge is 0.382 e. The van der Waals surface area contributed by atoms with Crippen LogP contribution in [0.5, 0.6) is 0 Å². The second-order valence-corrected chi connectivity index (χ2v) is 9.76. The molecule has 1 aromatic heterocycles. The van der Waals surface area contributed by atoms with E-state index in [0.29, 0.717) is 27.7 Å². The molecule has 5 N–H and O–H groups in total. The van der Waals surface area contributed by atoms with Crippen molar-refractivity contribution in [2.24, 2.45) is 11.7 Å². The molecule has 1 heterocycles. The Morgan fingerprint density at radius 2 is 1.74 bits per heavy atom. The lowest BCUT2D eigenvalue weighted by Crippen LogP contribution is -2.39. The summed E-state index contributed by atoms with van der Waals surface area (Å²) in [6, 6.07) is 20.6. The number of anilines is 2. The molecular weight excluding hydrogens is 517 g/mol. The van der Waals surface area contributed by atoms with Crippen LogP contribution >= 0.6 is 12.4 Å². The zero-order valence-corrected chi connectivity index (χ0v) is 22.6. The summed E-state index contributed by atoms with van der Waals surface area (Å²) in [7, 11) is 0. The van der Waals surface area contributed by atoms with E-state index < -0.39 is 6.04 Å². The number of carbonyl (C=O) groups is 2. The van der Waals surface area contributed by atoms with Crippen LogP contribution in [0.25, 0.3) is 32.8 Å². The topological polar surface area (TPSA) is 116 Å². The minimum Gasteiger partial charge on any atom is -0.382 e. The van der Waals surface area contributed by atoms with E-state index in [9.17, 15) is 14.0 Å². The van der Waals surface area contributed by atoms with Gasteiger partial charge in [0, 0.05) is 11.3 Å². The number of aromatic nitrogens is 2. The zero-order valence-electron chi connectivity index (χ0n) is 21.7. The number of rotatable bonds is 5. The molecule has 0 fully saturated rings. The fraction of sp³-hybridized carbons (Fsp3) is 0.167. The van der Waals surface area contributed by atoms with E-state index in [1.165, 1.54) is 16.8 Å². The van der Waals surface area contributed by atoms with Gasteiger partial charge in [0.2, 0.25) is 0 Å². The van der Waals surface area contributed by atoms with Crippen LogP contribution in [0.3, 0.4) is 0 Å². The third-order valence-electron chi connectivity index (χ3n) is 6.80. The van der Waals surface area contributed by atoms with Crippen LogP contribution in [-0.2, 0) is 0 Å². The van der Waals surface area contributed by atoms with Crippen molar-refractivity contribution in [3.05, 3.63) is 89.7 Å².